The topological polar surface area (TPSA) is 61.0 Å². The Hall–Kier alpha value is -2.30. The van der Waals surface area contributed by atoms with E-state index in [0.717, 1.165) is 32.4 Å². The third kappa shape index (κ3) is 2.22. The van der Waals surface area contributed by atoms with Gasteiger partial charge in [-0.05, 0) is 41.9 Å². The minimum Gasteiger partial charge on any atom is -0.334 e. The number of benzene rings is 1. The van der Waals surface area contributed by atoms with Gasteiger partial charge in [0.05, 0.1) is 6.20 Å². The summed E-state index contributed by atoms with van der Waals surface area (Å²) in [7, 11) is 0. The number of nitrogens with zero attached hydrogens (tertiary/aromatic N) is 2. The third-order valence-electron chi connectivity index (χ3n) is 6.03. The van der Waals surface area contributed by atoms with Gasteiger partial charge in [-0.3, -0.25) is 5.10 Å². The fourth-order valence-corrected chi connectivity index (χ4v) is 4.70. The standard InChI is InChI=1S/C19H22N4O/c24-19(23-7-3-5-13(11-23)14-9-20-21-10-14)22-18-16-8-12-4-1-2-6-15(12)17(16)18/h1-2,4,6,9-10,13,16-18H,3,5,7-8,11H2,(H,20,21)(H,22,24)/t13-,16+,17-,18+/m0/s1. The average molecular weight is 322 g/mol. The first-order valence-corrected chi connectivity index (χ1v) is 8.93. The highest BCUT2D eigenvalue weighted by atomic mass is 16.2. The van der Waals surface area contributed by atoms with E-state index in [1.807, 2.05) is 17.3 Å². The maximum atomic E-state index is 12.7. The van der Waals surface area contributed by atoms with Gasteiger partial charge in [0.2, 0.25) is 0 Å². The Morgan fingerprint density at radius 2 is 2.25 bits per heavy atom. The second-order valence-electron chi connectivity index (χ2n) is 7.38. The largest absolute Gasteiger partial charge is 0.334 e. The zero-order valence-electron chi connectivity index (χ0n) is 13.6. The van der Waals surface area contributed by atoms with E-state index in [-0.39, 0.29) is 6.03 Å². The van der Waals surface area contributed by atoms with Crippen LogP contribution >= 0.6 is 0 Å². The number of hydrogen-bond acceptors (Lipinski definition) is 2. The van der Waals surface area contributed by atoms with Crippen LogP contribution in [0.5, 0.6) is 0 Å². The molecule has 2 N–H and O–H groups in total. The first kappa shape index (κ1) is 14.1. The lowest BCUT2D eigenvalue weighted by molar-refractivity contribution is 0.178. The number of carbonyl (C=O) groups is 1. The van der Waals surface area contributed by atoms with Gasteiger partial charge in [0, 0.05) is 37.2 Å². The van der Waals surface area contributed by atoms with Crippen molar-refractivity contribution in [3.05, 3.63) is 53.3 Å². The Balaban J connectivity index is 1.23. The lowest BCUT2D eigenvalue weighted by atomic mass is 9.93. The van der Waals surface area contributed by atoms with Crippen LogP contribution in [0.15, 0.2) is 36.7 Å². The Morgan fingerprint density at radius 1 is 1.33 bits per heavy atom. The summed E-state index contributed by atoms with van der Waals surface area (Å²) < 4.78 is 0. The number of piperidine rings is 1. The maximum Gasteiger partial charge on any atom is 0.317 e. The van der Waals surface area contributed by atoms with Crippen molar-refractivity contribution in [3.63, 3.8) is 0 Å². The van der Waals surface area contributed by atoms with Crippen molar-refractivity contribution in [3.8, 4) is 0 Å². The van der Waals surface area contributed by atoms with E-state index in [1.165, 1.54) is 16.7 Å². The van der Waals surface area contributed by atoms with Gasteiger partial charge < -0.3 is 10.2 Å². The average Bonchev–Trinajstić information content (AvgIpc) is 3.02. The second-order valence-corrected chi connectivity index (χ2v) is 7.38. The molecule has 2 aromatic rings. The number of amides is 2. The first-order chi connectivity index (χ1) is 11.8. The van der Waals surface area contributed by atoms with Crippen LogP contribution in [-0.2, 0) is 6.42 Å². The molecule has 5 rings (SSSR count). The van der Waals surface area contributed by atoms with Crippen molar-refractivity contribution in [1.29, 1.82) is 0 Å². The van der Waals surface area contributed by atoms with E-state index in [1.54, 1.807) is 0 Å². The summed E-state index contributed by atoms with van der Waals surface area (Å²) in [6.07, 6.45) is 7.14. The monoisotopic (exact) mass is 322 g/mol. The predicted molar refractivity (Wildman–Crippen MR) is 90.8 cm³/mol. The number of hydrogen-bond donors (Lipinski definition) is 2. The summed E-state index contributed by atoms with van der Waals surface area (Å²) in [6.45, 7) is 1.66. The zero-order chi connectivity index (χ0) is 16.1. The third-order valence-corrected chi connectivity index (χ3v) is 6.03. The summed E-state index contributed by atoms with van der Waals surface area (Å²) >= 11 is 0. The number of aromatic nitrogens is 2. The highest BCUT2D eigenvalue weighted by molar-refractivity contribution is 5.76. The highest BCUT2D eigenvalue weighted by Crippen LogP contribution is 2.56. The molecule has 0 radical (unpaired) electrons. The molecule has 1 saturated carbocycles. The molecule has 2 aliphatic carbocycles. The molecule has 1 aromatic carbocycles. The number of H-pyrrole nitrogens is 1. The Kier molecular flexibility index (Phi) is 3.15. The number of aromatic amines is 1. The Bertz CT molecular complexity index is 756. The minimum absolute atomic E-state index is 0.111. The minimum atomic E-state index is 0.111. The zero-order valence-corrected chi connectivity index (χ0v) is 13.6. The Labute approximate surface area is 141 Å². The molecule has 124 valence electrons. The fraction of sp³-hybridized carbons (Fsp3) is 0.474. The van der Waals surface area contributed by atoms with Crippen molar-refractivity contribution in [2.75, 3.05) is 13.1 Å². The van der Waals surface area contributed by atoms with E-state index in [0.29, 0.717) is 23.8 Å². The van der Waals surface area contributed by atoms with Crippen LogP contribution in [0.2, 0.25) is 0 Å². The number of urea groups is 1. The molecule has 2 heterocycles. The highest BCUT2D eigenvalue weighted by Gasteiger charge is 2.56. The van der Waals surface area contributed by atoms with Crippen molar-refractivity contribution in [2.45, 2.75) is 37.1 Å². The molecule has 24 heavy (non-hydrogen) atoms. The molecule has 2 fully saturated rings. The normalized spacial score (nSPS) is 30.6. The summed E-state index contributed by atoms with van der Waals surface area (Å²) in [5.41, 5.74) is 4.13. The van der Waals surface area contributed by atoms with Crippen LogP contribution in [0, 0.1) is 5.92 Å². The lowest BCUT2D eigenvalue weighted by Gasteiger charge is -2.32. The van der Waals surface area contributed by atoms with Crippen LogP contribution in [0.4, 0.5) is 4.79 Å². The number of rotatable bonds is 2. The SMILES string of the molecule is O=C(N[C@@H]1[C@@H]2Cc3ccccc3[C@@H]21)N1CCC[C@H](c2cn[nH]c2)C1. The van der Waals surface area contributed by atoms with Crippen LogP contribution in [0.25, 0.3) is 0 Å². The van der Waals surface area contributed by atoms with E-state index in [2.05, 4.69) is 39.8 Å². The summed E-state index contributed by atoms with van der Waals surface area (Å²) in [5.74, 6) is 1.56. The molecular formula is C19H22N4O. The van der Waals surface area contributed by atoms with Crippen LogP contribution < -0.4 is 5.32 Å². The van der Waals surface area contributed by atoms with E-state index < -0.39 is 0 Å². The summed E-state index contributed by atoms with van der Waals surface area (Å²) in [5, 5.41) is 10.2. The van der Waals surface area contributed by atoms with Gasteiger partial charge >= 0.3 is 6.03 Å². The van der Waals surface area contributed by atoms with Crippen molar-refractivity contribution in [2.24, 2.45) is 5.92 Å². The molecule has 0 spiro atoms. The van der Waals surface area contributed by atoms with Gasteiger partial charge in [-0.25, -0.2) is 4.79 Å². The molecule has 3 aliphatic rings. The molecule has 4 atom stereocenters. The molecule has 1 aromatic heterocycles. The summed E-state index contributed by atoms with van der Waals surface area (Å²) in [4.78, 5) is 14.7. The van der Waals surface area contributed by atoms with Crippen LogP contribution in [0.1, 0.15) is 41.4 Å². The van der Waals surface area contributed by atoms with Gasteiger partial charge in [-0.1, -0.05) is 24.3 Å². The first-order valence-electron chi connectivity index (χ1n) is 8.93. The number of likely N-dealkylation sites (tertiary alicyclic amines) is 1. The van der Waals surface area contributed by atoms with Gasteiger partial charge in [0.25, 0.3) is 0 Å². The van der Waals surface area contributed by atoms with Crippen molar-refractivity contribution >= 4 is 6.03 Å². The van der Waals surface area contributed by atoms with Gasteiger partial charge in [-0.2, -0.15) is 5.10 Å². The lowest BCUT2D eigenvalue weighted by Crippen LogP contribution is -2.46. The molecule has 5 nitrogen and oxygen atoms in total. The fourth-order valence-electron chi connectivity index (χ4n) is 4.70. The molecule has 1 aliphatic heterocycles. The molecule has 1 saturated heterocycles. The predicted octanol–water partition coefficient (Wildman–Crippen LogP) is 2.64. The van der Waals surface area contributed by atoms with Gasteiger partial charge in [0.1, 0.15) is 0 Å². The quantitative estimate of drug-likeness (QED) is 0.893. The summed E-state index contributed by atoms with van der Waals surface area (Å²) in [6, 6.07) is 9.11. The van der Waals surface area contributed by atoms with Crippen molar-refractivity contribution in [1.82, 2.24) is 20.4 Å². The van der Waals surface area contributed by atoms with Gasteiger partial charge in [0.15, 0.2) is 0 Å². The van der Waals surface area contributed by atoms with E-state index >= 15 is 0 Å². The smallest absolute Gasteiger partial charge is 0.317 e. The number of fused-ring (bicyclic) bond motifs is 3. The van der Waals surface area contributed by atoms with E-state index in [4.69, 9.17) is 0 Å². The molecular weight excluding hydrogens is 300 g/mol. The molecule has 0 bridgehead atoms. The number of nitrogens with one attached hydrogen (secondary N) is 2. The molecule has 0 unspecified atom stereocenters. The second kappa shape index (κ2) is 5.36. The van der Waals surface area contributed by atoms with Crippen LogP contribution in [0.3, 0.4) is 0 Å². The number of carbonyl (C=O) groups excluding carboxylic acids is 1. The Morgan fingerprint density at radius 3 is 3.12 bits per heavy atom. The maximum absolute atomic E-state index is 12.7. The van der Waals surface area contributed by atoms with Gasteiger partial charge in [-0.15, -0.1) is 0 Å². The molecule has 5 heteroatoms. The molecule has 2 amide bonds. The van der Waals surface area contributed by atoms with E-state index in [9.17, 15) is 4.79 Å². The van der Waals surface area contributed by atoms with Crippen LogP contribution in [-0.4, -0.2) is 40.3 Å². The van der Waals surface area contributed by atoms with Crippen molar-refractivity contribution < 1.29 is 4.79 Å².